The standard InChI is InChI=1S/C12H15F3N2S/c1-3-7(2)18-8-4-5-10(12(13,14)15)9(6-8)11(16)17/h4-7H,3H2,1-2H3,(H3,16,17). The fourth-order valence-corrected chi connectivity index (χ4v) is 2.35. The molecule has 1 aromatic rings. The smallest absolute Gasteiger partial charge is 0.384 e. The summed E-state index contributed by atoms with van der Waals surface area (Å²) in [5.74, 6) is -0.561. The van der Waals surface area contributed by atoms with E-state index in [2.05, 4.69) is 0 Å². The Kier molecular flexibility index (Phi) is 4.67. The van der Waals surface area contributed by atoms with E-state index in [4.69, 9.17) is 11.1 Å². The highest BCUT2D eigenvalue weighted by atomic mass is 32.2. The lowest BCUT2D eigenvalue weighted by Crippen LogP contribution is -2.19. The highest BCUT2D eigenvalue weighted by molar-refractivity contribution is 7.99. The Morgan fingerprint density at radius 1 is 1.44 bits per heavy atom. The predicted molar refractivity (Wildman–Crippen MR) is 68.1 cm³/mol. The van der Waals surface area contributed by atoms with Crippen LogP contribution >= 0.6 is 11.8 Å². The van der Waals surface area contributed by atoms with Crippen LogP contribution in [0.25, 0.3) is 0 Å². The van der Waals surface area contributed by atoms with Crippen molar-refractivity contribution < 1.29 is 13.2 Å². The molecule has 18 heavy (non-hydrogen) atoms. The third-order valence-electron chi connectivity index (χ3n) is 2.50. The average molecular weight is 276 g/mol. The molecule has 0 heterocycles. The maximum absolute atomic E-state index is 12.7. The molecule has 1 rings (SSSR count). The average Bonchev–Trinajstić information content (AvgIpc) is 2.27. The molecule has 1 unspecified atom stereocenters. The molecule has 0 bridgehead atoms. The van der Waals surface area contributed by atoms with E-state index in [0.29, 0.717) is 10.1 Å². The summed E-state index contributed by atoms with van der Waals surface area (Å²) in [4.78, 5) is 0.697. The Bertz CT molecular complexity index is 443. The maximum atomic E-state index is 12.7. The Labute approximate surface area is 108 Å². The van der Waals surface area contributed by atoms with Gasteiger partial charge in [0, 0.05) is 15.7 Å². The van der Waals surface area contributed by atoms with Gasteiger partial charge in [-0.2, -0.15) is 13.2 Å². The van der Waals surface area contributed by atoms with Crippen LogP contribution in [0.1, 0.15) is 31.4 Å². The zero-order chi connectivity index (χ0) is 13.9. The number of alkyl halides is 3. The van der Waals surface area contributed by atoms with E-state index in [1.165, 1.54) is 23.9 Å². The summed E-state index contributed by atoms with van der Waals surface area (Å²) < 4.78 is 38.1. The van der Waals surface area contributed by atoms with Crippen LogP contribution in [0.2, 0.25) is 0 Å². The van der Waals surface area contributed by atoms with Crippen LogP contribution in [-0.2, 0) is 6.18 Å². The van der Waals surface area contributed by atoms with E-state index in [9.17, 15) is 13.2 Å². The fraction of sp³-hybridized carbons (Fsp3) is 0.417. The lowest BCUT2D eigenvalue weighted by Gasteiger charge is -2.14. The minimum atomic E-state index is -4.49. The number of thioether (sulfide) groups is 1. The molecule has 0 aliphatic heterocycles. The van der Waals surface area contributed by atoms with Crippen molar-refractivity contribution in [2.24, 2.45) is 5.73 Å². The molecule has 2 nitrogen and oxygen atoms in total. The second-order valence-corrected chi connectivity index (χ2v) is 5.47. The van der Waals surface area contributed by atoms with Crippen LogP contribution < -0.4 is 5.73 Å². The van der Waals surface area contributed by atoms with Gasteiger partial charge in [-0.15, -0.1) is 11.8 Å². The Morgan fingerprint density at radius 2 is 2.06 bits per heavy atom. The summed E-state index contributed by atoms with van der Waals surface area (Å²) in [6, 6.07) is 3.75. The number of hydrogen-bond acceptors (Lipinski definition) is 2. The van der Waals surface area contributed by atoms with Crippen molar-refractivity contribution in [3.05, 3.63) is 29.3 Å². The van der Waals surface area contributed by atoms with Gasteiger partial charge >= 0.3 is 6.18 Å². The van der Waals surface area contributed by atoms with Crippen LogP contribution in [-0.4, -0.2) is 11.1 Å². The predicted octanol–water partition coefficient (Wildman–Crippen LogP) is 3.88. The summed E-state index contributed by atoms with van der Waals surface area (Å²) in [6.07, 6.45) is -3.57. The lowest BCUT2D eigenvalue weighted by molar-refractivity contribution is -0.137. The molecule has 0 amide bonds. The van der Waals surface area contributed by atoms with Crippen molar-refractivity contribution >= 4 is 17.6 Å². The molecule has 1 aromatic carbocycles. The van der Waals surface area contributed by atoms with Gasteiger partial charge in [0.2, 0.25) is 0 Å². The Balaban J connectivity index is 3.16. The number of benzene rings is 1. The minimum absolute atomic E-state index is 0.254. The first-order valence-electron chi connectivity index (χ1n) is 5.48. The quantitative estimate of drug-likeness (QED) is 0.498. The Hall–Kier alpha value is -1.17. The molecule has 1 atom stereocenters. The van der Waals surface area contributed by atoms with Crippen molar-refractivity contribution in [2.45, 2.75) is 36.6 Å². The highest BCUT2D eigenvalue weighted by Crippen LogP contribution is 2.35. The van der Waals surface area contributed by atoms with Gasteiger partial charge in [0.15, 0.2) is 0 Å². The maximum Gasteiger partial charge on any atom is 0.417 e. The molecule has 0 aliphatic rings. The van der Waals surface area contributed by atoms with Gasteiger partial charge in [-0.05, 0) is 24.6 Å². The van der Waals surface area contributed by atoms with Crippen LogP contribution in [0.15, 0.2) is 23.1 Å². The fourth-order valence-electron chi connectivity index (χ4n) is 1.38. The van der Waals surface area contributed by atoms with E-state index in [-0.39, 0.29) is 5.56 Å². The zero-order valence-electron chi connectivity index (χ0n) is 10.1. The number of rotatable bonds is 4. The molecular formula is C12H15F3N2S. The Morgan fingerprint density at radius 3 is 2.50 bits per heavy atom. The molecular weight excluding hydrogens is 261 g/mol. The highest BCUT2D eigenvalue weighted by Gasteiger charge is 2.34. The van der Waals surface area contributed by atoms with Crippen LogP contribution in [0.5, 0.6) is 0 Å². The molecule has 3 N–H and O–H groups in total. The van der Waals surface area contributed by atoms with Crippen molar-refractivity contribution in [3.63, 3.8) is 0 Å². The molecule has 0 saturated carbocycles. The number of nitrogens with two attached hydrogens (primary N) is 1. The molecule has 100 valence electrons. The molecule has 6 heteroatoms. The summed E-state index contributed by atoms with van der Waals surface area (Å²) in [6.45, 7) is 4.00. The third-order valence-corrected chi connectivity index (χ3v) is 3.76. The van der Waals surface area contributed by atoms with E-state index >= 15 is 0 Å². The lowest BCUT2D eigenvalue weighted by atomic mass is 10.1. The van der Waals surface area contributed by atoms with Crippen molar-refractivity contribution in [1.82, 2.24) is 0 Å². The van der Waals surface area contributed by atoms with E-state index < -0.39 is 17.6 Å². The third kappa shape index (κ3) is 3.66. The van der Waals surface area contributed by atoms with E-state index in [1.807, 2.05) is 13.8 Å². The number of hydrogen-bond donors (Lipinski definition) is 2. The number of nitrogens with one attached hydrogen (secondary N) is 1. The summed E-state index contributed by atoms with van der Waals surface area (Å²) in [5, 5.41) is 7.56. The van der Waals surface area contributed by atoms with Crippen LogP contribution in [0.3, 0.4) is 0 Å². The second kappa shape index (κ2) is 5.65. The first-order chi connectivity index (χ1) is 8.25. The number of amidine groups is 1. The molecule has 0 radical (unpaired) electrons. The zero-order valence-corrected chi connectivity index (χ0v) is 11.0. The molecule has 0 saturated heterocycles. The van der Waals surface area contributed by atoms with Crippen molar-refractivity contribution in [2.75, 3.05) is 0 Å². The van der Waals surface area contributed by atoms with Gasteiger partial charge in [0.25, 0.3) is 0 Å². The van der Waals surface area contributed by atoms with Gasteiger partial charge in [-0.25, -0.2) is 0 Å². The molecule has 0 spiro atoms. The topological polar surface area (TPSA) is 49.9 Å². The van der Waals surface area contributed by atoms with Gasteiger partial charge in [-0.3, -0.25) is 5.41 Å². The SMILES string of the molecule is CCC(C)Sc1ccc(C(F)(F)F)c(C(=N)N)c1. The summed E-state index contributed by atoms with van der Waals surface area (Å²) >= 11 is 1.47. The summed E-state index contributed by atoms with van der Waals surface area (Å²) in [5.41, 5.74) is 4.11. The van der Waals surface area contributed by atoms with Gasteiger partial charge in [-0.1, -0.05) is 13.8 Å². The largest absolute Gasteiger partial charge is 0.417 e. The van der Waals surface area contributed by atoms with Gasteiger partial charge < -0.3 is 5.73 Å². The normalized spacial score (nSPS) is 13.4. The van der Waals surface area contributed by atoms with Gasteiger partial charge in [0.05, 0.1) is 5.56 Å². The van der Waals surface area contributed by atoms with E-state index in [1.54, 1.807) is 0 Å². The summed E-state index contributed by atoms with van der Waals surface area (Å²) in [7, 11) is 0. The molecule has 0 fully saturated rings. The van der Waals surface area contributed by atoms with Gasteiger partial charge in [0.1, 0.15) is 5.84 Å². The van der Waals surface area contributed by atoms with E-state index in [0.717, 1.165) is 12.5 Å². The molecule has 0 aromatic heterocycles. The number of nitrogen functional groups attached to an aromatic ring is 1. The van der Waals surface area contributed by atoms with Crippen molar-refractivity contribution in [1.29, 1.82) is 5.41 Å². The first kappa shape index (κ1) is 14.9. The van der Waals surface area contributed by atoms with Crippen molar-refractivity contribution in [3.8, 4) is 0 Å². The minimum Gasteiger partial charge on any atom is -0.384 e. The van der Waals surface area contributed by atoms with Crippen LogP contribution in [0.4, 0.5) is 13.2 Å². The molecule has 0 aliphatic carbocycles. The first-order valence-corrected chi connectivity index (χ1v) is 6.36. The van der Waals surface area contributed by atoms with Crippen LogP contribution in [0, 0.1) is 5.41 Å². The monoisotopic (exact) mass is 276 g/mol. The number of halogens is 3. The second-order valence-electron chi connectivity index (χ2n) is 3.96.